The summed E-state index contributed by atoms with van der Waals surface area (Å²) in [7, 11) is 0. The van der Waals surface area contributed by atoms with Crippen LogP contribution >= 0.6 is 11.3 Å². The van der Waals surface area contributed by atoms with Crippen LogP contribution in [0.3, 0.4) is 0 Å². The number of Topliss-reactive ketones (excluding diaryl/α,β-unsaturated/α-hetero) is 1. The zero-order chi connectivity index (χ0) is 16.6. The van der Waals surface area contributed by atoms with E-state index in [2.05, 4.69) is 10.3 Å². The number of amides is 1. The minimum absolute atomic E-state index is 0.269. The molecular weight excluding hydrogens is 314 g/mol. The fourth-order valence-corrected chi connectivity index (χ4v) is 3.14. The SMILES string of the molecule is Cc1csc([C@H](C#N)C(=O)c2cccc3c2O[C@@H](C)C(=O)N3)n1. The Labute approximate surface area is 136 Å². The van der Waals surface area contributed by atoms with E-state index in [-0.39, 0.29) is 17.3 Å². The molecule has 0 saturated heterocycles. The van der Waals surface area contributed by atoms with E-state index in [0.29, 0.717) is 16.4 Å². The Morgan fingerprint density at radius 2 is 2.30 bits per heavy atom. The first kappa shape index (κ1) is 15.2. The highest BCUT2D eigenvalue weighted by atomic mass is 32.1. The molecule has 0 bridgehead atoms. The van der Waals surface area contributed by atoms with Gasteiger partial charge in [-0.1, -0.05) is 6.07 Å². The topological polar surface area (TPSA) is 92.1 Å². The van der Waals surface area contributed by atoms with Crippen molar-refractivity contribution in [2.24, 2.45) is 0 Å². The van der Waals surface area contributed by atoms with Crippen LogP contribution in [-0.4, -0.2) is 22.8 Å². The number of nitriles is 1. The monoisotopic (exact) mass is 327 g/mol. The number of nitrogens with zero attached hydrogens (tertiary/aromatic N) is 2. The van der Waals surface area contributed by atoms with Crippen LogP contribution in [0.1, 0.15) is 33.9 Å². The van der Waals surface area contributed by atoms with Crippen LogP contribution in [0.5, 0.6) is 5.75 Å². The predicted molar refractivity (Wildman–Crippen MR) is 84.7 cm³/mol. The van der Waals surface area contributed by atoms with Crippen LogP contribution in [0, 0.1) is 18.3 Å². The second-order valence-electron chi connectivity index (χ2n) is 5.19. The highest BCUT2D eigenvalue weighted by molar-refractivity contribution is 7.10. The van der Waals surface area contributed by atoms with Crippen molar-refractivity contribution in [2.45, 2.75) is 25.9 Å². The molecule has 2 aromatic rings. The van der Waals surface area contributed by atoms with Crippen LogP contribution in [0.25, 0.3) is 0 Å². The number of para-hydroxylation sites is 1. The van der Waals surface area contributed by atoms with Gasteiger partial charge < -0.3 is 10.1 Å². The molecule has 0 saturated carbocycles. The lowest BCUT2D eigenvalue weighted by atomic mass is 9.97. The van der Waals surface area contributed by atoms with Gasteiger partial charge in [-0.15, -0.1) is 11.3 Å². The maximum atomic E-state index is 12.8. The molecule has 1 N–H and O–H groups in total. The Morgan fingerprint density at radius 1 is 1.52 bits per heavy atom. The number of fused-ring (bicyclic) bond motifs is 1. The molecule has 1 aromatic carbocycles. The number of anilines is 1. The van der Waals surface area contributed by atoms with Crippen LogP contribution in [0.2, 0.25) is 0 Å². The summed E-state index contributed by atoms with van der Waals surface area (Å²) >= 11 is 1.28. The lowest BCUT2D eigenvalue weighted by Gasteiger charge is -2.25. The third-order valence-electron chi connectivity index (χ3n) is 3.48. The molecule has 3 rings (SSSR count). The van der Waals surface area contributed by atoms with Gasteiger partial charge in [-0.05, 0) is 26.0 Å². The lowest BCUT2D eigenvalue weighted by molar-refractivity contribution is -0.122. The first-order valence-electron chi connectivity index (χ1n) is 6.97. The average Bonchev–Trinajstić information content (AvgIpc) is 2.95. The molecular formula is C16H13N3O3S. The maximum absolute atomic E-state index is 12.8. The summed E-state index contributed by atoms with van der Waals surface area (Å²) < 4.78 is 5.57. The molecule has 2 heterocycles. The Hall–Kier alpha value is -2.72. The van der Waals surface area contributed by atoms with E-state index in [9.17, 15) is 14.9 Å². The van der Waals surface area contributed by atoms with E-state index in [4.69, 9.17) is 4.74 Å². The van der Waals surface area contributed by atoms with Gasteiger partial charge in [-0.2, -0.15) is 5.26 Å². The van der Waals surface area contributed by atoms with Crippen molar-refractivity contribution in [2.75, 3.05) is 5.32 Å². The van der Waals surface area contributed by atoms with Crippen LogP contribution in [0.15, 0.2) is 23.6 Å². The first-order valence-corrected chi connectivity index (χ1v) is 7.85. The number of carbonyl (C=O) groups excluding carboxylic acids is 2. The van der Waals surface area contributed by atoms with Crippen LogP contribution in [-0.2, 0) is 4.79 Å². The van der Waals surface area contributed by atoms with Crippen molar-refractivity contribution in [3.63, 3.8) is 0 Å². The number of hydrogen-bond acceptors (Lipinski definition) is 6. The van der Waals surface area contributed by atoms with E-state index in [0.717, 1.165) is 5.69 Å². The Kier molecular flexibility index (Phi) is 3.84. The maximum Gasteiger partial charge on any atom is 0.265 e. The summed E-state index contributed by atoms with van der Waals surface area (Å²) in [6.07, 6.45) is -0.695. The third kappa shape index (κ3) is 2.69. The number of rotatable bonds is 3. The molecule has 7 heteroatoms. The van der Waals surface area contributed by atoms with Crippen molar-refractivity contribution < 1.29 is 14.3 Å². The van der Waals surface area contributed by atoms with E-state index >= 15 is 0 Å². The molecule has 116 valence electrons. The number of carbonyl (C=O) groups is 2. The predicted octanol–water partition coefficient (Wildman–Crippen LogP) is 2.66. The Morgan fingerprint density at radius 3 is 2.96 bits per heavy atom. The molecule has 0 aliphatic carbocycles. The molecule has 1 aromatic heterocycles. The quantitative estimate of drug-likeness (QED) is 0.875. The molecule has 1 aliphatic heterocycles. The van der Waals surface area contributed by atoms with Gasteiger partial charge in [-0.3, -0.25) is 9.59 Å². The lowest BCUT2D eigenvalue weighted by Crippen LogP contribution is -2.35. The summed E-state index contributed by atoms with van der Waals surface area (Å²) in [4.78, 5) is 28.7. The summed E-state index contributed by atoms with van der Waals surface area (Å²) in [6, 6.07) is 6.91. The van der Waals surface area contributed by atoms with Crippen molar-refractivity contribution >= 4 is 28.7 Å². The smallest absolute Gasteiger partial charge is 0.265 e. The van der Waals surface area contributed by atoms with Gasteiger partial charge in [0.05, 0.1) is 17.3 Å². The van der Waals surface area contributed by atoms with Crippen LogP contribution in [0.4, 0.5) is 5.69 Å². The zero-order valence-corrected chi connectivity index (χ0v) is 13.3. The van der Waals surface area contributed by atoms with Crippen molar-refractivity contribution in [1.29, 1.82) is 5.26 Å². The third-order valence-corrected chi connectivity index (χ3v) is 4.50. The number of hydrogen-bond donors (Lipinski definition) is 1. The number of aromatic nitrogens is 1. The number of benzene rings is 1. The molecule has 0 spiro atoms. The molecule has 0 fully saturated rings. The van der Waals surface area contributed by atoms with Gasteiger partial charge >= 0.3 is 0 Å². The molecule has 6 nitrogen and oxygen atoms in total. The largest absolute Gasteiger partial charge is 0.478 e. The molecule has 0 radical (unpaired) electrons. The van der Waals surface area contributed by atoms with Crippen LogP contribution < -0.4 is 10.1 Å². The Balaban J connectivity index is 2.02. The molecule has 1 aliphatic rings. The van der Waals surface area contributed by atoms with Crippen molar-refractivity contribution in [3.05, 3.63) is 39.8 Å². The average molecular weight is 327 g/mol. The van der Waals surface area contributed by atoms with Gasteiger partial charge in [-0.25, -0.2) is 4.98 Å². The van der Waals surface area contributed by atoms with Crippen molar-refractivity contribution in [1.82, 2.24) is 4.98 Å². The number of ether oxygens (including phenoxy) is 1. The van der Waals surface area contributed by atoms with E-state index in [1.165, 1.54) is 11.3 Å². The van der Waals surface area contributed by atoms with E-state index in [1.54, 1.807) is 30.5 Å². The summed E-state index contributed by atoms with van der Waals surface area (Å²) in [5.41, 5.74) is 1.48. The summed E-state index contributed by atoms with van der Waals surface area (Å²) in [5.74, 6) is -1.34. The minimum Gasteiger partial charge on any atom is -0.478 e. The Bertz CT molecular complexity index is 837. The van der Waals surface area contributed by atoms with Gasteiger partial charge in [0.1, 0.15) is 5.01 Å². The van der Waals surface area contributed by atoms with Crippen molar-refractivity contribution in [3.8, 4) is 11.8 Å². The zero-order valence-electron chi connectivity index (χ0n) is 12.5. The normalized spacial score (nSPS) is 17.4. The number of thiazole rings is 1. The summed E-state index contributed by atoms with van der Waals surface area (Å²) in [6.45, 7) is 3.41. The summed E-state index contributed by atoms with van der Waals surface area (Å²) in [5, 5.41) is 14.4. The first-order chi connectivity index (χ1) is 11.0. The fraction of sp³-hybridized carbons (Fsp3) is 0.250. The highest BCUT2D eigenvalue weighted by Gasteiger charge is 2.32. The fourth-order valence-electron chi connectivity index (χ4n) is 2.31. The standard InChI is InChI=1S/C16H13N3O3S/c1-8-7-23-16(18-8)11(6-17)13(20)10-4-3-5-12-14(10)22-9(2)15(21)19-12/h3-5,7,9,11H,1-2H3,(H,19,21)/t9-,11+/m0/s1. The van der Waals surface area contributed by atoms with E-state index < -0.39 is 12.0 Å². The van der Waals surface area contributed by atoms with Gasteiger partial charge in [0.25, 0.3) is 5.91 Å². The minimum atomic E-state index is -0.989. The highest BCUT2D eigenvalue weighted by Crippen LogP contribution is 2.36. The van der Waals surface area contributed by atoms with Gasteiger partial charge in [0.15, 0.2) is 23.6 Å². The molecule has 23 heavy (non-hydrogen) atoms. The number of ketones is 1. The van der Waals surface area contributed by atoms with Gasteiger partial charge in [0.2, 0.25) is 0 Å². The number of nitrogens with one attached hydrogen (secondary N) is 1. The second-order valence-corrected chi connectivity index (χ2v) is 6.07. The second kappa shape index (κ2) is 5.82. The van der Waals surface area contributed by atoms with E-state index in [1.807, 2.05) is 13.0 Å². The molecule has 0 unspecified atom stereocenters. The molecule has 1 amide bonds. The molecule has 2 atom stereocenters. The van der Waals surface area contributed by atoms with Gasteiger partial charge in [0, 0.05) is 11.1 Å². The number of aryl methyl sites for hydroxylation is 1.